The first kappa shape index (κ1) is 16.0. The first-order valence-electron chi connectivity index (χ1n) is 4.14. The van der Waals surface area contributed by atoms with E-state index >= 15 is 0 Å². The van der Waals surface area contributed by atoms with Crippen molar-refractivity contribution in [2.45, 2.75) is 0 Å². The molecule has 0 atom stereocenters. The second-order valence-electron chi connectivity index (χ2n) is 3.22. The first-order chi connectivity index (χ1) is 7.24. The summed E-state index contributed by atoms with van der Waals surface area (Å²) >= 11 is 0. The molecule has 11 heteroatoms. The van der Waals surface area contributed by atoms with Crippen LogP contribution in [0.15, 0.2) is 0 Å². The predicted octanol–water partition coefficient (Wildman–Crippen LogP) is -2.95. The van der Waals surface area contributed by atoms with Gasteiger partial charge in [-0.25, -0.2) is 4.57 Å². The lowest BCUT2D eigenvalue weighted by Gasteiger charge is -2.29. The highest BCUT2D eigenvalue weighted by atomic mass is 31.2. The van der Waals surface area contributed by atoms with E-state index in [1.807, 2.05) is 0 Å². The fourth-order valence-electron chi connectivity index (χ4n) is 0.747. The summed E-state index contributed by atoms with van der Waals surface area (Å²) in [6, 6.07) is 0. The molecule has 0 heterocycles. The Balaban J connectivity index is 4.37. The van der Waals surface area contributed by atoms with Crippen molar-refractivity contribution in [2.75, 3.05) is 26.4 Å². The molecule has 96 valence electrons. The summed E-state index contributed by atoms with van der Waals surface area (Å²) in [5.74, 6) is 0. The second kappa shape index (κ2) is 6.65. The van der Waals surface area contributed by atoms with Gasteiger partial charge in [0.05, 0.1) is 25.2 Å². The van der Waals surface area contributed by atoms with E-state index in [0.29, 0.717) is 0 Å². The molecule has 0 spiro atoms. The van der Waals surface area contributed by atoms with Crippen LogP contribution < -0.4 is 0 Å². The molecule has 9 nitrogen and oxygen atoms in total. The summed E-state index contributed by atoms with van der Waals surface area (Å²) in [6.45, 7) is -2.67. The SMILES string of the molecule is O=P(O)(O)OCC(CO)(CO)COB(O)O. The number of phosphoric acid groups is 1. The maximum Gasteiger partial charge on any atom is 0.633 e. The van der Waals surface area contributed by atoms with E-state index in [2.05, 4.69) is 9.18 Å². The van der Waals surface area contributed by atoms with E-state index in [1.54, 1.807) is 0 Å². The van der Waals surface area contributed by atoms with Gasteiger partial charge in [-0.05, 0) is 0 Å². The maximum absolute atomic E-state index is 10.4. The fraction of sp³-hybridized carbons (Fsp3) is 1.00. The zero-order chi connectivity index (χ0) is 12.8. The van der Waals surface area contributed by atoms with Crippen molar-refractivity contribution in [3.8, 4) is 0 Å². The Morgan fingerprint density at radius 2 is 1.62 bits per heavy atom. The molecule has 0 unspecified atom stereocenters. The Kier molecular flexibility index (Phi) is 6.64. The van der Waals surface area contributed by atoms with Crippen molar-refractivity contribution in [1.29, 1.82) is 0 Å². The average Bonchev–Trinajstić information content (AvgIpc) is 2.18. The van der Waals surface area contributed by atoms with Crippen LogP contribution in [0.4, 0.5) is 0 Å². The molecule has 0 saturated carbocycles. The summed E-state index contributed by atoms with van der Waals surface area (Å²) in [5, 5.41) is 34.7. The molecule has 0 aliphatic rings. The number of rotatable bonds is 8. The second-order valence-corrected chi connectivity index (χ2v) is 4.46. The molecule has 0 rings (SSSR count). The molecular formula is C5H14BO9P. The van der Waals surface area contributed by atoms with E-state index < -0.39 is 47.0 Å². The van der Waals surface area contributed by atoms with E-state index in [9.17, 15) is 4.57 Å². The lowest BCUT2D eigenvalue weighted by atomic mass is 9.92. The van der Waals surface area contributed by atoms with Crippen LogP contribution in [0.1, 0.15) is 0 Å². The van der Waals surface area contributed by atoms with Gasteiger partial charge in [0.25, 0.3) is 0 Å². The molecule has 16 heavy (non-hydrogen) atoms. The highest BCUT2D eigenvalue weighted by Gasteiger charge is 2.34. The van der Waals surface area contributed by atoms with Crippen molar-refractivity contribution in [3.05, 3.63) is 0 Å². The summed E-state index contributed by atoms with van der Waals surface area (Å²) in [5.41, 5.74) is -1.52. The minimum absolute atomic E-state index is 0.544. The van der Waals surface area contributed by atoms with Crippen LogP contribution >= 0.6 is 7.82 Å². The highest BCUT2D eigenvalue weighted by molar-refractivity contribution is 7.46. The predicted molar refractivity (Wildman–Crippen MR) is 50.7 cm³/mol. The molecule has 0 aliphatic heterocycles. The minimum atomic E-state index is -4.74. The summed E-state index contributed by atoms with van der Waals surface area (Å²) in [4.78, 5) is 16.9. The van der Waals surface area contributed by atoms with Crippen LogP contribution in [0.2, 0.25) is 0 Å². The van der Waals surface area contributed by atoms with Gasteiger partial charge in [-0.1, -0.05) is 0 Å². The molecule has 0 fully saturated rings. The van der Waals surface area contributed by atoms with Crippen molar-refractivity contribution >= 4 is 15.1 Å². The average molecular weight is 260 g/mol. The van der Waals surface area contributed by atoms with E-state index in [1.165, 1.54) is 0 Å². The van der Waals surface area contributed by atoms with Crippen molar-refractivity contribution in [1.82, 2.24) is 0 Å². The first-order valence-corrected chi connectivity index (χ1v) is 5.67. The van der Waals surface area contributed by atoms with Gasteiger partial charge in [0.15, 0.2) is 0 Å². The Morgan fingerprint density at radius 1 is 1.12 bits per heavy atom. The van der Waals surface area contributed by atoms with E-state index in [4.69, 9.17) is 30.0 Å². The van der Waals surface area contributed by atoms with Gasteiger partial charge in [0.2, 0.25) is 0 Å². The Labute approximate surface area is 91.7 Å². The van der Waals surface area contributed by atoms with Gasteiger partial charge in [0.1, 0.15) is 0 Å². The topological polar surface area (TPSA) is 157 Å². The zero-order valence-corrected chi connectivity index (χ0v) is 9.16. The normalized spacial score (nSPS) is 12.9. The Bertz CT molecular complexity index is 236. The molecule has 0 amide bonds. The maximum atomic E-state index is 10.4. The lowest BCUT2D eigenvalue weighted by molar-refractivity contribution is -0.0346. The van der Waals surface area contributed by atoms with Crippen molar-refractivity contribution in [3.63, 3.8) is 0 Å². The molecule has 0 aromatic rings. The summed E-state index contributed by atoms with van der Waals surface area (Å²) < 4.78 is 18.8. The third-order valence-electron chi connectivity index (χ3n) is 1.75. The summed E-state index contributed by atoms with van der Waals surface area (Å²) in [7, 11) is -6.86. The highest BCUT2D eigenvalue weighted by Crippen LogP contribution is 2.38. The van der Waals surface area contributed by atoms with Gasteiger partial charge in [-0.2, -0.15) is 0 Å². The molecule has 0 bridgehead atoms. The van der Waals surface area contributed by atoms with Crippen LogP contribution in [-0.4, -0.2) is 63.8 Å². The molecular weight excluding hydrogens is 246 g/mol. The molecule has 0 saturated heterocycles. The number of aliphatic hydroxyl groups excluding tert-OH is 2. The number of phosphoric ester groups is 1. The molecule has 0 aromatic heterocycles. The van der Waals surface area contributed by atoms with Crippen LogP contribution in [0.5, 0.6) is 0 Å². The van der Waals surface area contributed by atoms with Crippen molar-refractivity contribution < 1.29 is 43.8 Å². The van der Waals surface area contributed by atoms with E-state index in [-0.39, 0.29) is 0 Å². The third kappa shape index (κ3) is 6.53. The smallest absolute Gasteiger partial charge is 0.402 e. The van der Waals surface area contributed by atoms with Gasteiger partial charge in [-0.15, -0.1) is 0 Å². The Hall–Kier alpha value is -0.0251. The quantitative estimate of drug-likeness (QED) is 0.198. The summed E-state index contributed by atoms with van der Waals surface area (Å²) in [6.07, 6.45) is 0. The zero-order valence-electron chi connectivity index (χ0n) is 8.26. The van der Waals surface area contributed by atoms with Crippen LogP contribution in [0.3, 0.4) is 0 Å². The van der Waals surface area contributed by atoms with Gasteiger partial charge in [-0.3, -0.25) is 4.52 Å². The van der Waals surface area contributed by atoms with Crippen molar-refractivity contribution in [2.24, 2.45) is 5.41 Å². The van der Waals surface area contributed by atoms with Crippen LogP contribution in [-0.2, 0) is 13.7 Å². The fourth-order valence-corrected chi connectivity index (χ4v) is 1.19. The standard InChI is InChI=1S/C5H14BO9P/c7-1-5(2-8,3-14-6(9)10)4-15-16(11,12)13/h7-10H,1-4H2,(H2,11,12,13). The molecule has 6 N–H and O–H groups in total. The molecule has 0 radical (unpaired) electrons. The van der Waals surface area contributed by atoms with Gasteiger partial charge >= 0.3 is 15.1 Å². The molecule has 0 aliphatic carbocycles. The van der Waals surface area contributed by atoms with Gasteiger partial charge in [0, 0.05) is 6.61 Å². The van der Waals surface area contributed by atoms with Crippen LogP contribution in [0, 0.1) is 5.41 Å². The lowest BCUT2D eigenvalue weighted by Crippen LogP contribution is -2.41. The van der Waals surface area contributed by atoms with E-state index in [0.717, 1.165) is 0 Å². The Morgan fingerprint density at radius 3 is 1.94 bits per heavy atom. The number of hydrogen-bond donors (Lipinski definition) is 6. The van der Waals surface area contributed by atoms with Gasteiger partial charge < -0.3 is 34.7 Å². The minimum Gasteiger partial charge on any atom is -0.402 e. The monoisotopic (exact) mass is 260 g/mol. The number of aliphatic hydroxyl groups is 2. The van der Waals surface area contributed by atoms with Crippen LogP contribution in [0.25, 0.3) is 0 Å². The molecule has 0 aromatic carbocycles. The third-order valence-corrected chi connectivity index (χ3v) is 2.21. The number of hydrogen-bond acceptors (Lipinski definition) is 7. The largest absolute Gasteiger partial charge is 0.633 e.